The molecule has 9 heteroatoms. The summed E-state index contributed by atoms with van der Waals surface area (Å²) in [5.74, 6) is -0.895. The molecule has 0 atom stereocenters. The zero-order valence-electron chi connectivity index (χ0n) is 14.5. The molecule has 1 aromatic carbocycles. The van der Waals surface area contributed by atoms with E-state index in [1.54, 1.807) is 18.2 Å². The van der Waals surface area contributed by atoms with Gasteiger partial charge in [-0.25, -0.2) is 8.78 Å². The van der Waals surface area contributed by atoms with E-state index in [1.165, 1.54) is 24.3 Å². The van der Waals surface area contributed by atoms with Crippen molar-refractivity contribution in [2.24, 2.45) is 0 Å². The lowest BCUT2D eigenvalue weighted by molar-refractivity contribution is 0.188. The number of ether oxygens (including phenoxy) is 1. The SMILES string of the molecule is C=C/C(F)=C(\C=C)N1NNC(c2nc(-c3ccccc3F)no2)=C1COC. The van der Waals surface area contributed by atoms with E-state index in [2.05, 4.69) is 34.3 Å². The average Bonchev–Trinajstić information content (AvgIpc) is 3.31. The zero-order valence-corrected chi connectivity index (χ0v) is 14.5. The summed E-state index contributed by atoms with van der Waals surface area (Å²) in [7, 11) is 1.49. The number of hydrazine groups is 2. The first-order chi connectivity index (χ1) is 13.1. The Bertz CT molecular complexity index is 935. The van der Waals surface area contributed by atoms with Gasteiger partial charge in [0.2, 0.25) is 5.82 Å². The Kier molecular flexibility index (Phi) is 5.43. The number of nitrogens with zero attached hydrogens (tertiary/aromatic N) is 3. The number of halogens is 2. The summed E-state index contributed by atoms with van der Waals surface area (Å²) in [4.78, 5) is 4.22. The topological polar surface area (TPSA) is 75.5 Å². The Hall–Kier alpha value is -3.30. The van der Waals surface area contributed by atoms with Crippen LogP contribution in [0.2, 0.25) is 0 Å². The molecule has 0 aliphatic carbocycles. The van der Waals surface area contributed by atoms with Gasteiger partial charge in [-0.15, -0.1) is 5.53 Å². The van der Waals surface area contributed by atoms with Crippen molar-refractivity contribution in [1.29, 1.82) is 0 Å². The fourth-order valence-electron chi connectivity index (χ4n) is 2.50. The Morgan fingerprint density at radius 3 is 2.78 bits per heavy atom. The van der Waals surface area contributed by atoms with E-state index >= 15 is 0 Å². The number of allylic oxidation sites excluding steroid dienone is 3. The van der Waals surface area contributed by atoms with Crippen LogP contribution < -0.4 is 11.0 Å². The van der Waals surface area contributed by atoms with Gasteiger partial charge in [0.1, 0.15) is 17.3 Å². The van der Waals surface area contributed by atoms with Gasteiger partial charge in [-0.1, -0.05) is 30.4 Å². The molecule has 1 aliphatic heterocycles. The Balaban J connectivity index is 2.03. The first-order valence-electron chi connectivity index (χ1n) is 7.88. The predicted octanol–water partition coefficient (Wildman–Crippen LogP) is 3.07. The molecule has 2 heterocycles. The molecule has 7 nitrogen and oxygen atoms in total. The van der Waals surface area contributed by atoms with Gasteiger partial charge in [-0.2, -0.15) is 4.98 Å². The largest absolute Gasteiger partial charge is 0.378 e. The lowest BCUT2D eigenvalue weighted by Crippen LogP contribution is -2.37. The van der Waals surface area contributed by atoms with E-state index in [0.717, 1.165) is 6.08 Å². The summed E-state index contributed by atoms with van der Waals surface area (Å²) in [5.41, 5.74) is 6.76. The van der Waals surface area contributed by atoms with E-state index in [4.69, 9.17) is 9.26 Å². The average molecular weight is 373 g/mol. The standard InChI is InChI=1S/C18H17F2N5O2/c1-4-12(19)14(5-2)25-15(10-26-3)16(22-24-25)18-21-17(23-27-18)11-8-6-7-9-13(11)20/h4-9,22,24H,1-2,10H2,3H3/b14-12-. The molecule has 2 N–H and O–H groups in total. The van der Waals surface area contributed by atoms with Crippen molar-refractivity contribution in [1.82, 2.24) is 26.1 Å². The maximum atomic E-state index is 14.1. The second-order valence-corrected chi connectivity index (χ2v) is 5.37. The van der Waals surface area contributed by atoms with E-state index in [0.29, 0.717) is 11.4 Å². The Labute approximate surface area is 154 Å². The third-order valence-electron chi connectivity index (χ3n) is 3.75. The summed E-state index contributed by atoms with van der Waals surface area (Å²) in [6.45, 7) is 7.12. The van der Waals surface area contributed by atoms with Crippen molar-refractivity contribution >= 4 is 5.70 Å². The molecule has 0 fully saturated rings. The first kappa shape index (κ1) is 18.5. The molecule has 1 aromatic heterocycles. The van der Waals surface area contributed by atoms with Gasteiger partial charge in [0, 0.05) is 7.11 Å². The van der Waals surface area contributed by atoms with Crippen molar-refractivity contribution in [3.63, 3.8) is 0 Å². The molecule has 0 saturated heterocycles. The third-order valence-corrected chi connectivity index (χ3v) is 3.75. The van der Waals surface area contributed by atoms with Gasteiger partial charge < -0.3 is 9.26 Å². The summed E-state index contributed by atoms with van der Waals surface area (Å²) in [5, 5.41) is 5.20. The van der Waals surface area contributed by atoms with Crippen LogP contribution in [0.1, 0.15) is 5.89 Å². The second-order valence-electron chi connectivity index (χ2n) is 5.37. The number of benzene rings is 1. The molecule has 3 rings (SSSR count). The highest BCUT2D eigenvalue weighted by molar-refractivity contribution is 5.65. The molecular weight excluding hydrogens is 356 g/mol. The molecule has 0 radical (unpaired) electrons. The van der Waals surface area contributed by atoms with Crippen LogP contribution in [-0.2, 0) is 4.74 Å². The minimum atomic E-state index is -0.591. The van der Waals surface area contributed by atoms with Gasteiger partial charge in [0.05, 0.1) is 23.6 Å². The number of aromatic nitrogens is 2. The zero-order chi connectivity index (χ0) is 19.4. The molecule has 0 spiro atoms. The van der Waals surface area contributed by atoms with Crippen LogP contribution >= 0.6 is 0 Å². The van der Waals surface area contributed by atoms with Gasteiger partial charge >= 0.3 is 0 Å². The van der Waals surface area contributed by atoms with Crippen molar-refractivity contribution in [2.45, 2.75) is 0 Å². The fraction of sp³-hybridized carbons (Fsp3) is 0.111. The lowest BCUT2D eigenvalue weighted by atomic mass is 10.2. The van der Waals surface area contributed by atoms with Crippen LogP contribution in [0.15, 0.2) is 71.3 Å². The molecule has 0 saturated carbocycles. The fourth-order valence-corrected chi connectivity index (χ4v) is 2.50. The van der Waals surface area contributed by atoms with Crippen molar-refractivity contribution < 1.29 is 18.0 Å². The number of hydrogen-bond donors (Lipinski definition) is 2. The lowest BCUT2D eigenvalue weighted by Gasteiger charge is -2.21. The molecule has 0 bridgehead atoms. The molecule has 2 aromatic rings. The van der Waals surface area contributed by atoms with Gasteiger partial charge in [-0.05, 0) is 24.3 Å². The van der Waals surface area contributed by atoms with Crippen molar-refractivity contribution in [2.75, 3.05) is 13.7 Å². The maximum absolute atomic E-state index is 14.1. The van der Waals surface area contributed by atoms with Crippen LogP contribution in [0.25, 0.3) is 17.1 Å². The minimum absolute atomic E-state index is 0.0812. The second kappa shape index (κ2) is 7.94. The molecule has 0 amide bonds. The van der Waals surface area contributed by atoms with Crippen molar-refractivity contribution in [3.8, 4) is 11.4 Å². The molecular formula is C18H17F2N5O2. The van der Waals surface area contributed by atoms with E-state index in [-0.39, 0.29) is 29.6 Å². The highest BCUT2D eigenvalue weighted by atomic mass is 19.1. The van der Waals surface area contributed by atoms with Gasteiger partial charge in [0.15, 0.2) is 0 Å². The first-order valence-corrected chi connectivity index (χ1v) is 7.88. The van der Waals surface area contributed by atoms with Crippen molar-refractivity contribution in [3.05, 3.63) is 78.5 Å². The van der Waals surface area contributed by atoms with E-state index in [9.17, 15) is 8.78 Å². The number of hydrogen-bond acceptors (Lipinski definition) is 7. The summed E-state index contributed by atoms with van der Waals surface area (Å²) >= 11 is 0. The monoisotopic (exact) mass is 373 g/mol. The minimum Gasteiger partial charge on any atom is -0.378 e. The molecule has 0 unspecified atom stereocenters. The molecule has 1 aliphatic rings. The maximum Gasteiger partial charge on any atom is 0.277 e. The van der Waals surface area contributed by atoms with Gasteiger partial charge in [0.25, 0.3) is 5.89 Å². The van der Waals surface area contributed by atoms with Crippen LogP contribution in [0, 0.1) is 5.82 Å². The highest BCUT2D eigenvalue weighted by Crippen LogP contribution is 2.28. The Morgan fingerprint density at radius 1 is 1.33 bits per heavy atom. The van der Waals surface area contributed by atoms with E-state index < -0.39 is 11.6 Å². The highest BCUT2D eigenvalue weighted by Gasteiger charge is 2.30. The molecule has 27 heavy (non-hydrogen) atoms. The predicted molar refractivity (Wildman–Crippen MR) is 95.1 cm³/mol. The molecule has 140 valence electrons. The number of methoxy groups -OCH3 is 1. The summed E-state index contributed by atoms with van der Waals surface area (Å²) in [6.07, 6.45) is 2.38. The number of nitrogens with one attached hydrogen (secondary N) is 2. The van der Waals surface area contributed by atoms with Crippen LogP contribution in [-0.4, -0.2) is 28.9 Å². The van der Waals surface area contributed by atoms with Crippen LogP contribution in [0.4, 0.5) is 8.78 Å². The quantitative estimate of drug-likeness (QED) is 0.723. The third kappa shape index (κ3) is 3.50. The van der Waals surface area contributed by atoms with Crippen LogP contribution in [0.3, 0.4) is 0 Å². The van der Waals surface area contributed by atoms with E-state index in [1.807, 2.05) is 0 Å². The van der Waals surface area contributed by atoms with Crippen LogP contribution in [0.5, 0.6) is 0 Å². The summed E-state index contributed by atoms with van der Waals surface area (Å²) in [6, 6.07) is 6.08. The normalized spacial score (nSPS) is 14.9. The number of rotatable bonds is 7. The smallest absolute Gasteiger partial charge is 0.277 e. The summed E-state index contributed by atoms with van der Waals surface area (Å²) < 4.78 is 38.5. The van der Waals surface area contributed by atoms with Gasteiger partial charge in [-0.3, -0.25) is 10.4 Å². The Morgan fingerprint density at radius 2 is 2.11 bits per heavy atom.